The third-order valence-corrected chi connectivity index (χ3v) is 6.92. The van der Waals surface area contributed by atoms with Gasteiger partial charge in [0.05, 0.1) is 21.9 Å². The highest BCUT2D eigenvalue weighted by molar-refractivity contribution is 8.00. The van der Waals surface area contributed by atoms with Crippen LogP contribution in [0, 0.1) is 21.4 Å². The fourth-order valence-electron chi connectivity index (χ4n) is 3.93. The van der Waals surface area contributed by atoms with E-state index in [1.807, 2.05) is 48.5 Å². The Hall–Kier alpha value is -4.48. The summed E-state index contributed by atoms with van der Waals surface area (Å²) in [5, 5.41) is 24.4. The highest BCUT2D eigenvalue weighted by Crippen LogP contribution is 2.35. The first kappa shape index (κ1) is 26.6. The predicted molar refractivity (Wildman–Crippen MR) is 151 cm³/mol. The molecular weight excluding hydrogens is 496 g/mol. The molecule has 0 aliphatic carbocycles. The topological polar surface area (TPSA) is 109 Å². The number of hydrogen-bond donors (Lipinski definition) is 1. The third-order valence-electron chi connectivity index (χ3n) is 5.94. The summed E-state index contributed by atoms with van der Waals surface area (Å²) in [4.78, 5) is 28.2. The summed E-state index contributed by atoms with van der Waals surface area (Å²) in [6, 6.07) is 27.9. The van der Waals surface area contributed by atoms with E-state index in [4.69, 9.17) is 4.98 Å². The number of nitro benzene ring substituents is 1. The Bertz CT molecular complexity index is 1520. The Morgan fingerprint density at radius 3 is 2.29 bits per heavy atom. The summed E-state index contributed by atoms with van der Waals surface area (Å²) in [6.45, 7) is 6.44. The van der Waals surface area contributed by atoms with Gasteiger partial charge in [0.15, 0.2) is 0 Å². The Morgan fingerprint density at radius 1 is 1.00 bits per heavy atom. The molecule has 8 heteroatoms. The van der Waals surface area contributed by atoms with Gasteiger partial charge in [0.2, 0.25) is 5.91 Å². The minimum Gasteiger partial charge on any atom is -0.320 e. The van der Waals surface area contributed by atoms with Gasteiger partial charge in [-0.05, 0) is 28.7 Å². The Labute approximate surface area is 225 Å². The zero-order chi connectivity index (χ0) is 27.3. The molecule has 1 amide bonds. The predicted octanol–water partition coefficient (Wildman–Crippen LogP) is 7.22. The van der Waals surface area contributed by atoms with Gasteiger partial charge in [0.1, 0.15) is 16.8 Å². The molecule has 0 atom stereocenters. The van der Waals surface area contributed by atoms with Crippen molar-refractivity contribution in [2.45, 2.75) is 31.2 Å². The summed E-state index contributed by atoms with van der Waals surface area (Å²) >= 11 is 1.12. The fourth-order valence-corrected chi connectivity index (χ4v) is 4.73. The summed E-state index contributed by atoms with van der Waals surface area (Å²) in [5.74, 6) is -0.509. The van der Waals surface area contributed by atoms with Crippen LogP contribution in [0.1, 0.15) is 31.9 Å². The maximum absolute atomic E-state index is 12.7. The molecule has 4 aromatic rings. The lowest BCUT2D eigenvalue weighted by Gasteiger charge is -2.19. The molecule has 7 nitrogen and oxygen atoms in total. The van der Waals surface area contributed by atoms with Gasteiger partial charge in [-0.2, -0.15) is 5.26 Å². The minimum absolute atomic E-state index is 0.00771. The van der Waals surface area contributed by atoms with Crippen molar-refractivity contribution in [2.75, 3.05) is 11.1 Å². The number of rotatable bonds is 7. The summed E-state index contributed by atoms with van der Waals surface area (Å²) in [5.41, 5.74) is 4.64. The monoisotopic (exact) mass is 522 g/mol. The molecule has 0 spiro atoms. The largest absolute Gasteiger partial charge is 0.320 e. The second-order valence-electron chi connectivity index (χ2n) is 9.65. The van der Waals surface area contributed by atoms with E-state index in [2.05, 4.69) is 44.3 Å². The number of aromatic nitrogens is 1. The highest BCUT2D eigenvalue weighted by atomic mass is 32.2. The standard InChI is InChI=1S/C30H26N4O3S/c1-30(2,3)22-15-13-20(14-16-22)23-17-26(21-9-5-4-6-10-21)33-29(24(23)18-31)38-19-28(35)32-25-11-7-8-12-27(25)34(36)37/h4-17H,19H2,1-3H3,(H,32,35). The molecule has 0 unspecified atom stereocenters. The molecule has 0 bridgehead atoms. The highest BCUT2D eigenvalue weighted by Gasteiger charge is 2.20. The number of carbonyl (C=O) groups is 1. The zero-order valence-electron chi connectivity index (χ0n) is 21.3. The van der Waals surface area contributed by atoms with Gasteiger partial charge in [0.25, 0.3) is 5.69 Å². The Kier molecular flexibility index (Phi) is 7.89. The molecule has 1 heterocycles. The lowest BCUT2D eigenvalue weighted by atomic mass is 9.86. The van der Waals surface area contributed by atoms with Crippen molar-refractivity contribution in [3.63, 3.8) is 0 Å². The number of anilines is 1. The van der Waals surface area contributed by atoms with Gasteiger partial charge in [-0.15, -0.1) is 0 Å². The van der Waals surface area contributed by atoms with Crippen molar-refractivity contribution in [1.29, 1.82) is 5.26 Å². The first-order chi connectivity index (χ1) is 18.2. The van der Waals surface area contributed by atoms with Gasteiger partial charge in [-0.3, -0.25) is 14.9 Å². The van der Waals surface area contributed by atoms with Gasteiger partial charge in [-0.1, -0.05) is 99.3 Å². The number of thioether (sulfide) groups is 1. The van der Waals surface area contributed by atoms with Crippen LogP contribution in [0.4, 0.5) is 11.4 Å². The van der Waals surface area contributed by atoms with Crippen LogP contribution in [-0.4, -0.2) is 21.6 Å². The number of nitriles is 1. The number of nitro groups is 1. The molecular formula is C30H26N4O3S. The van der Waals surface area contributed by atoms with Crippen molar-refractivity contribution in [3.05, 3.63) is 106 Å². The van der Waals surface area contributed by atoms with Gasteiger partial charge in [-0.25, -0.2) is 4.98 Å². The lowest BCUT2D eigenvalue weighted by Crippen LogP contribution is -2.15. The number of nitrogens with zero attached hydrogens (tertiary/aromatic N) is 3. The smallest absolute Gasteiger partial charge is 0.292 e. The van der Waals surface area contributed by atoms with Crippen molar-refractivity contribution >= 4 is 29.0 Å². The van der Waals surface area contributed by atoms with E-state index in [1.165, 1.54) is 23.8 Å². The number of pyridine rings is 1. The van der Waals surface area contributed by atoms with Crippen molar-refractivity contribution in [2.24, 2.45) is 0 Å². The van der Waals surface area contributed by atoms with Crippen LogP contribution >= 0.6 is 11.8 Å². The van der Waals surface area contributed by atoms with Crippen LogP contribution in [0.2, 0.25) is 0 Å². The fraction of sp³-hybridized carbons (Fsp3) is 0.167. The summed E-state index contributed by atoms with van der Waals surface area (Å²) in [6.07, 6.45) is 0. The zero-order valence-corrected chi connectivity index (χ0v) is 22.1. The average molecular weight is 523 g/mol. The maximum Gasteiger partial charge on any atom is 0.292 e. The van der Waals surface area contributed by atoms with E-state index in [9.17, 15) is 20.2 Å². The van der Waals surface area contributed by atoms with Crippen LogP contribution < -0.4 is 5.32 Å². The number of para-hydroxylation sites is 2. The van der Waals surface area contributed by atoms with E-state index in [1.54, 1.807) is 6.07 Å². The normalized spacial score (nSPS) is 11.0. The molecule has 190 valence electrons. The van der Waals surface area contributed by atoms with Crippen LogP contribution in [0.25, 0.3) is 22.4 Å². The maximum atomic E-state index is 12.7. The molecule has 38 heavy (non-hydrogen) atoms. The number of amides is 1. The minimum atomic E-state index is -0.543. The van der Waals surface area contributed by atoms with E-state index >= 15 is 0 Å². The van der Waals surface area contributed by atoms with Crippen molar-refractivity contribution in [3.8, 4) is 28.5 Å². The summed E-state index contributed by atoms with van der Waals surface area (Å²) < 4.78 is 0. The van der Waals surface area contributed by atoms with E-state index in [-0.39, 0.29) is 22.5 Å². The average Bonchev–Trinajstić information content (AvgIpc) is 2.91. The second kappa shape index (κ2) is 11.3. The molecule has 0 saturated carbocycles. The lowest BCUT2D eigenvalue weighted by molar-refractivity contribution is -0.383. The SMILES string of the molecule is CC(C)(C)c1ccc(-c2cc(-c3ccccc3)nc(SCC(=O)Nc3ccccc3[N+](=O)[O-])c2C#N)cc1. The van der Waals surface area contributed by atoms with Crippen LogP contribution in [-0.2, 0) is 10.2 Å². The molecule has 0 fully saturated rings. The number of hydrogen-bond acceptors (Lipinski definition) is 6. The van der Waals surface area contributed by atoms with E-state index in [0.717, 1.165) is 28.5 Å². The molecule has 1 aromatic heterocycles. The second-order valence-corrected chi connectivity index (χ2v) is 10.6. The van der Waals surface area contributed by atoms with E-state index in [0.29, 0.717) is 16.3 Å². The van der Waals surface area contributed by atoms with E-state index < -0.39 is 10.8 Å². The van der Waals surface area contributed by atoms with Crippen LogP contribution in [0.5, 0.6) is 0 Å². The van der Waals surface area contributed by atoms with Crippen molar-refractivity contribution in [1.82, 2.24) is 4.98 Å². The van der Waals surface area contributed by atoms with Crippen LogP contribution in [0.15, 0.2) is 90.0 Å². The number of nitrogens with one attached hydrogen (secondary N) is 1. The van der Waals surface area contributed by atoms with Gasteiger partial charge >= 0.3 is 0 Å². The molecule has 3 aromatic carbocycles. The Morgan fingerprint density at radius 2 is 1.66 bits per heavy atom. The Balaban J connectivity index is 1.69. The van der Waals surface area contributed by atoms with Crippen molar-refractivity contribution < 1.29 is 9.72 Å². The first-order valence-corrected chi connectivity index (χ1v) is 12.9. The number of benzene rings is 3. The van der Waals surface area contributed by atoms with Gasteiger partial charge in [0, 0.05) is 17.2 Å². The molecule has 0 aliphatic heterocycles. The molecule has 4 rings (SSSR count). The first-order valence-electron chi connectivity index (χ1n) is 11.9. The number of carbonyl (C=O) groups excluding carboxylic acids is 1. The van der Waals surface area contributed by atoms with Gasteiger partial charge < -0.3 is 5.32 Å². The van der Waals surface area contributed by atoms with Crippen LogP contribution in [0.3, 0.4) is 0 Å². The molecule has 0 saturated heterocycles. The third kappa shape index (κ3) is 6.07. The summed E-state index contributed by atoms with van der Waals surface area (Å²) in [7, 11) is 0. The molecule has 0 aliphatic rings. The quantitative estimate of drug-likeness (QED) is 0.156. The molecule has 1 N–H and O–H groups in total. The molecule has 0 radical (unpaired) electrons.